The summed E-state index contributed by atoms with van der Waals surface area (Å²) in [6, 6.07) is 10.3. The van der Waals surface area contributed by atoms with E-state index in [1.54, 1.807) is 32.0 Å². The van der Waals surface area contributed by atoms with Crippen LogP contribution in [0.2, 0.25) is 0 Å². The zero-order valence-corrected chi connectivity index (χ0v) is 17.5. The van der Waals surface area contributed by atoms with Gasteiger partial charge < -0.3 is 10.2 Å². The number of hydrogen-bond donors (Lipinski definition) is 1. The monoisotopic (exact) mass is 419 g/mol. The summed E-state index contributed by atoms with van der Waals surface area (Å²) in [6.45, 7) is 5.86. The minimum atomic E-state index is -3.70. The Morgan fingerprint density at radius 3 is 2.41 bits per heavy atom. The fourth-order valence-electron chi connectivity index (χ4n) is 3.57. The van der Waals surface area contributed by atoms with Crippen LogP contribution in [0.1, 0.15) is 37.0 Å². The number of hydrogen-bond acceptors (Lipinski definition) is 4. The second-order valence-corrected chi connectivity index (χ2v) is 8.86. The van der Waals surface area contributed by atoms with Crippen LogP contribution < -0.4 is 10.2 Å². The molecule has 1 aliphatic rings. The van der Waals surface area contributed by atoms with Crippen molar-refractivity contribution < 1.29 is 17.6 Å². The van der Waals surface area contributed by atoms with E-state index in [1.165, 1.54) is 28.6 Å². The molecule has 156 valence electrons. The molecular formula is C21H26FN3O3S. The number of nitrogens with one attached hydrogen (secondary N) is 1. The van der Waals surface area contributed by atoms with E-state index in [2.05, 4.69) is 10.2 Å². The van der Waals surface area contributed by atoms with Crippen molar-refractivity contribution in [2.75, 3.05) is 36.4 Å². The van der Waals surface area contributed by atoms with Gasteiger partial charge in [-0.2, -0.15) is 4.31 Å². The SMILES string of the molecule is CCN(CC)S(=O)(=O)c1ccc(N2CCCC2)c(C(=O)Nc2cccc(F)c2)c1. The van der Waals surface area contributed by atoms with Gasteiger partial charge >= 0.3 is 0 Å². The molecule has 1 aliphatic heterocycles. The maximum Gasteiger partial charge on any atom is 0.257 e. The van der Waals surface area contributed by atoms with Crippen molar-refractivity contribution in [1.82, 2.24) is 4.31 Å². The highest BCUT2D eigenvalue weighted by Gasteiger charge is 2.26. The number of sulfonamides is 1. The Labute approximate surface area is 171 Å². The Morgan fingerprint density at radius 1 is 1.10 bits per heavy atom. The molecule has 0 spiro atoms. The molecule has 2 aromatic rings. The van der Waals surface area contributed by atoms with Gasteiger partial charge in [-0.15, -0.1) is 0 Å². The van der Waals surface area contributed by atoms with Crippen LogP contribution in [0.25, 0.3) is 0 Å². The Hall–Kier alpha value is -2.45. The van der Waals surface area contributed by atoms with Gasteiger partial charge in [0, 0.05) is 37.6 Å². The van der Waals surface area contributed by atoms with E-state index in [0.717, 1.165) is 25.9 Å². The van der Waals surface area contributed by atoms with Gasteiger partial charge in [-0.25, -0.2) is 12.8 Å². The molecule has 3 rings (SSSR count). The molecule has 1 fully saturated rings. The number of benzene rings is 2. The van der Waals surface area contributed by atoms with Gasteiger partial charge in [-0.3, -0.25) is 4.79 Å². The van der Waals surface area contributed by atoms with E-state index in [-0.39, 0.29) is 10.5 Å². The Morgan fingerprint density at radius 2 is 1.79 bits per heavy atom. The van der Waals surface area contributed by atoms with Gasteiger partial charge in [0.2, 0.25) is 10.0 Å². The van der Waals surface area contributed by atoms with Crippen LogP contribution in [0.15, 0.2) is 47.4 Å². The maximum absolute atomic E-state index is 13.5. The molecule has 8 heteroatoms. The molecule has 0 atom stereocenters. The first-order valence-corrected chi connectivity index (χ1v) is 11.3. The van der Waals surface area contributed by atoms with E-state index >= 15 is 0 Å². The number of rotatable bonds is 7. The topological polar surface area (TPSA) is 69.7 Å². The highest BCUT2D eigenvalue weighted by atomic mass is 32.2. The van der Waals surface area contributed by atoms with Crippen LogP contribution in [-0.2, 0) is 10.0 Å². The van der Waals surface area contributed by atoms with Crippen molar-refractivity contribution in [3.8, 4) is 0 Å². The van der Waals surface area contributed by atoms with Crippen LogP contribution >= 0.6 is 0 Å². The molecule has 0 aromatic heterocycles. The van der Waals surface area contributed by atoms with E-state index < -0.39 is 21.7 Å². The average Bonchev–Trinajstić information content (AvgIpc) is 3.23. The van der Waals surface area contributed by atoms with Gasteiger partial charge in [-0.1, -0.05) is 19.9 Å². The summed E-state index contributed by atoms with van der Waals surface area (Å²) in [4.78, 5) is 15.2. The lowest BCUT2D eigenvalue weighted by atomic mass is 10.1. The smallest absolute Gasteiger partial charge is 0.257 e. The standard InChI is InChI=1S/C21H26FN3O3S/c1-3-25(4-2)29(27,28)18-10-11-20(24-12-5-6-13-24)19(15-18)21(26)23-17-9-7-8-16(22)14-17/h7-11,14-15H,3-6,12-13H2,1-2H3,(H,23,26). The molecule has 0 unspecified atom stereocenters. The second-order valence-electron chi connectivity index (χ2n) is 6.93. The number of carbonyl (C=O) groups excluding carboxylic acids is 1. The zero-order chi connectivity index (χ0) is 21.0. The predicted molar refractivity (Wildman–Crippen MR) is 112 cm³/mol. The summed E-state index contributed by atoms with van der Waals surface area (Å²) in [6.07, 6.45) is 2.04. The third-order valence-corrected chi connectivity index (χ3v) is 7.13. The number of anilines is 2. The molecule has 0 saturated carbocycles. The highest BCUT2D eigenvalue weighted by molar-refractivity contribution is 7.89. The van der Waals surface area contributed by atoms with Crippen molar-refractivity contribution >= 4 is 27.3 Å². The summed E-state index contributed by atoms with van der Waals surface area (Å²) in [5, 5.41) is 2.68. The van der Waals surface area contributed by atoms with Crippen molar-refractivity contribution in [2.24, 2.45) is 0 Å². The summed E-state index contributed by atoms with van der Waals surface area (Å²) in [7, 11) is -3.70. The summed E-state index contributed by atoms with van der Waals surface area (Å²) in [5.74, 6) is -0.922. The largest absolute Gasteiger partial charge is 0.371 e. The fourth-order valence-corrected chi connectivity index (χ4v) is 5.05. The minimum Gasteiger partial charge on any atom is -0.371 e. The normalized spacial score (nSPS) is 14.4. The molecule has 0 radical (unpaired) electrons. The van der Waals surface area contributed by atoms with Crippen molar-refractivity contribution in [1.29, 1.82) is 0 Å². The van der Waals surface area contributed by atoms with Crippen LogP contribution in [-0.4, -0.2) is 44.8 Å². The van der Waals surface area contributed by atoms with Crippen molar-refractivity contribution in [2.45, 2.75) is 31.6 Å². The van der Waals surface area contributed by atoms with Gasteiger partial charge in [0.1, 0.15) is 5.82 Å². The lowest BCUT2D eigenvalue weighted by Crippen LogP contribution is -2.31. The number of halogens is 1. The second kappa shape index (κ2) is 8.92. The van der Waals surface area contributed by atoms with Crippen LogP contribution in [0.4, 0.5) is 15.8 Å². The Balaban J connectivity index is 2.02. The molecule has 29 heavy (non-hydrogen) atoms. The summed E-state index contributed by atoms with van der Waals surface area (Å²) in [5.41, 5.74) is 1.28. The van der Waals surface area contributed by atoms with Crippen molar-refractivity contribution in [3.63, 3.8) is 0 Å². The first kappa shape index (κ1) is 21.3. The first-order valence-electron chi connectivity index (χ1n) is 9.83. The van der Waals surface area contributed by atoms with Gasteiger partial charge in [0.25, 0.3) is 5.91 Å². The molecule has 0 aliphatic carbocycles. The van der Waals surface area contributed by atoms with E-state index in [4.69, 9.17) is 0 Å². The lowest BCUT2D eigenvalue weighted by molar-refractivity contribution is 0.102. The quantitative estimate of drug-likeness (QED) is 0.743. The number of carbonyl (C=O) groups is 1. The molecule has 2 aromatic carbocycles. The first-order chi connectivity index (χ1) is 13.9. The van der Waals surface area contributed by atoms with Gasteiger partial charge in [0.05, 0.1) is 10.5 Å². The fraction of sp³-hybridized carbons (Fsp3) is 0.381. The van der Waals surface area contributed by atoms with Crippen molar-refractivity contribution in [3.05, 3.63) is 53.8 Å². The third-order valence-electron chi connectivity index (χ3n) is 5.09. The number of amides is 1. The summed E-state index contributed by atoms with van der Waals surface area (Å²) >= 11 is 0. The molecule has 0 bridgehead atoms. The molecular weight excluding hydrogens is 393 g/mol. The van der Waals surface area contributed by atoms with Gasteiger partial charge in [0.15, 0.2) is 0 Å². The highest BCUT2D eigenvalue weighted by Crippen LogP contribution is 2.29. The minimum absolute atomic E-state index is 0.0774. The molecule has 6 nitrogen and oxygen atoms in total. The Kier molecular flexibility index (Phi) is 6.54. The van der Waals surface area contributed by atoms with Crippen LogP contribution in [0.3, 0.4) is 0 Å². The lowest BCUT2D eigenvalue weighted by Gasteiger charge is -2.23. The predicted octanol–water partition coefficient (Wildman–Crippen LogP) is 3.71. The zero-order valence-electron chi connectivity index (χ0n) is 16.7. The van der Waals surface area contributed by atoms with Crippen LogP contribution in [0.5, 0.6) is 0 Å². The van der Waals surface area contributed by atoms with E-state index in [1.807, 2.05) is 0 Å². The van der Waals surface area contributed by atoms with E-state index in [0.29, 0.717) is 24.5 Å². The molecule has 1 heterocycles. The Bertz CT molecular complexity index is 984. The number of nitrogens with zero attached hydrogens (tertiary/aromatic N) is 2. The molecule has 1 N–H and O–H groups in total. The molecule has 1 saturated heterocycles. The summed E-state index contributed by atoms with van der Waals surface area (Å²) < 4.78 is 40.7. The third kappa shape index (κ3) is 4.59. The van der Waals surface area contributed by atoms with E-state index in [9.17, 15) is 17.6 Å². The van der Waals surface area contributed by atoms with Gasteiger partial charge in [-0.05, 0) is 49.2 Å². The molecule has 1 amide bonds. The van der Waals surface area contributed by atoms with Crippen LogP contribution in [0, 0.1) is 5.82 Å². The average molecular weight is 420 g/mol. The maximum atomic E-state index is 13.5.